The Morgan fingerprint density at radius 3 is 2.47 bits per heavy atom. The first kappa shape index (κ1) is 18.8. The van der Waals surface area contributed by atoms with Crippen LogP contribution in [-0.2, 0) is 5.60 Å². The molecule has 0 radical (unpaired) electrons. The first-order chi connectivity index (χ1) is 8.43. The van der Waals surface area contributed by atoms with Gasteiger partial charge in [0, 0.05) is 0 Å². The normalized spacial score (nSPS) is 15.5. The van der Waals surface area contributed by atoms with Crippen LogP contribution in [0.3, 0.4) is 0 Å². The van der Waals surface area contributed by atoms with Crippen molar-refractivity contribution in [3.63, 3.8) is 0 Å². The first-order valence-electron chi connectivity index (χ1n) is 6.45. The second kappa shape index (κ2) is 8.19. The fraction of sp³-hybridized carbons (Fsp3) is 0.600. The quantitative estimate of drug-likeness (QED) is 0.784. The molecule has 1 N–H and O–H groups in total. The van der Waals surface area contributed by atoms with Gasteiger partial charge in [0.25, 0.3) is 0 Å². The maximum absolute atomic E-state index is 11.0. The fourth-order valence-electron chi connectivity index (χ4n) is 2.43. The Labute approximate surface area is 128 Å². The molecule has 2 nitrogen and oxygen atoms in total. The van der Waals surface area contributed by atoms with Crippen molar-refractivity contribution in [1.82, 2.24) is 0 Å². The van der Waals surface area contributed by atoms with Crippen LogP contribution in [0.4, 0.5) is 0 Å². The van der Waals surface area contributed by atoms with Crippen molar-refractivity contribution in [1.29, 1.82) is 0 Å². The van der Waals surface area contributed by atoms with Crippen molar-refractivity contribution >= 4 is 27.1 Å². The zero-order chi connectivity index (χ0) is 13.8. The molecule has 0 fully saturated rings. The van der Waals surface area contributed by atoms with Crippen molar-refractivity contribution < 1.29 is 9.84 Å². The first-order valence-corrected chi connectivity index (χ1v) is 11.5. The molecular formula is C15H26AsClO2. The Balaban J connectivity index is 0.00000324. The second-order valence-corrected chi connectivity index (χ2v) is 10.5. The fourth-order valence-corrected chi connectivity index (χ4v) is 5.36. The number of aliphatic hydroxyl groups is 1. The second-order valence-electron chi connectivity index (χ2n) is 5.17. The molecule has 19 heavy (non-hydrogen) atoms. The molecule has 0 aliphatic carbocycles. The minimum Gasteiger partial charge on any atom is -0.147 e. The minimum atomic E-state index is -0.740. The van der Waals surface area contributed by atoms with Crippen molar-refractivity contribution in [2.45, 2.75) is 42.5 Å². The Kier molecular flexibility index (Phi) is 8.12. The van der Waals surface area contributed by atoms with E-state index in [0.717, 1.165) is 22.9 Å². The summed E-state index contributed by atoms with van der Waals surface area (Å²) in [6.45, 7) is 4.22. The molecule has 2 unspecified atom stereocenters. The molecule has 0 aliphatic heterocycles. The summed E-state index contributed by atoms with van der Waals surface area (Å²) < 4.78 is 5.25. The third-order valence-corrected chi connectivity index (χ3v) is 6.24. The van der Waals surface area contributed by atoms with Crippen LogP contribution in [0.1, 0.15) is 25.8 Å². The molecule has 0 saturated carbocycles. The summed E-state index contributed by atoms with van der Waals surface area (Å²) in [5.74, 6) is 1.11. The Morgan fingerprint density at radius 2 is 2.00 bits per heavy atom. The zero-order valence-electron chi connectivity index (χ0n) is 12.5. The average molecular weight is 349 g/mol. The zero-order valence-corrected chi connectivity index (χ0v) is 15.2. The number of ether oxygens (including phenoxy) is 1. The SMILES string of the molecule is CCC(O)(c1cccc(OC)c1)C(C)C[As](C)C.Cl. The molecule has 1 rings (SSSR count). The van der Waals surface area contributed by atoms with Crippen LogP contribution in [0.5, 0.6) is 5.75 Å². The Bertz CT molecular complexity index is 384. The van der Waals surface area contributed by atoms with Gasteiger partial charge in [0.1, 0.15) is 0 Å². The van der Waals surface area contributed by atoms with Crippen LogP contribution in [0.25, 0.3) is 0 Å². The maximum Gasteiger partial charge on any atom is -0.147 e. The molecule has 0 heterocycles. The van der Waals surface area contributed by atoms with Gasteiger partial charge < -0.3 is 0 Å². The van der Waals surface area contributed by atoms with Gasteiger partial charge in [-0.3, -0.25) is 0 Å². The summed E-state index contributed by atoms with van der Waals surface area (Å²) in [5.41, 5.74) is 4.93. The van der Waals surface area contributed by atoms with E-state index in [1.165, 1.54) is 0 Å². The van der Waals surface area contributed by atoms with Crippen molar-refractivity contribution in [2.24, 2.45) is 5.92 Å². The van der Waals surface area contributed by atoms with E-state index >= 15 is 0 Å². The minimum absolute atomic E-state index is 0. The van der Waals surface area contributed by atoms with Gasteiger partial charge in [-0.25, -0.2) is 0 Å². The van der Waals surface area contributed by atoms with Crippen LogP contribution in [0.15, 0.2) is 24.3 Å². The molecule has 0 aliphatic rings. The molecule has 110 valence electrons. The van der Waals surface area contributed by atoms with Crippen LogP contribution in [0, 0.1) is 5.92 Å². The van der Waals surface area contributed by atoms with Gasteiger partial charge in [-0.05, 0) is 0 Å². The number of hydrogen-bond donors (Lipinski definition) is 1. The number of rotatable bonds is 6. The molecule has 1 aromatic carbocycles. The van der Waals surface area contributed by atoms with Gasteiger partial charge in [0.15, 0.2) is 0 Å². The van der Waals surface area contributed by atoms with Crippen molar-refractivity contribution in [2.75, 3.05) is 7.11 Å². The summed E-state index contributed by atoms with van der Waals surface area (Å²) in [4.78, 5) is 0. The Morgan fingerprint density at radius 1 is 1.37 bits per heavy atom. The topological polar surface area (TPSA) is 29.5 Å². The Hall–Kier alpha value is -0.172. The predicted octanol–water partition coefficient (Wildman–Crippen LogP) is 4.11. The molecule has 0 amide bonds. The van der Waals surface area contributed by atoms with Crippen LogP contribution >= 0.6 is 12.4 Å². The van der Waals surface area contributed by atoms with Gasteiger partial charge in [0.2, 0.25) is 0 Å². The molecule has 2 atom stereocenters. The van der Waals surface area contributed by atoms with Gasteiger partial charge in [-0.1, -0.05) is 0 Å². The molecule has 4 heteroatoms. The monoisotopic (exact) mass is 348 g/mol. The van der Waals surface area contributed by atoms with E-state index in [1.54, 1.807) is 7.11 Å². The van der Waals surface area contributed by atoms with Gasteiger partial charge in [-0.2, -0.15) is 0 Å². The van der Waals surface area contributed by atoms with Crippen LogP contribution in [-0.4, -0.2) is 26.9 Å². The van der Waals surface area contributed by atoms with E-state index in [-0.39, 0.29) is 12.4 Å². The average Bonchev–Trinajstić information content (AvgIpc) is 2.37. The molecule has 1 aromatic rings. The van der Waals surface area contributed by atoms with Crippen molar-refractivity contribution in [3.8, 4) is 5.75 Å². The van der Waals surface area contributed by atoms with E-state index in [9.17, 15) is 5.11 Å². The van der Waals surface area contributed by atoms with Crippen LogP contribution < -0.4 is 4.74 Å². The smallest absolute Gasteiger partial charge is 0.147 e. The van der Waals surface area contributed by atoms with E-state index in [4.69, 9.17) is 4.74 Å². The van der Waals surface area contributed by atoms with E-state index in [0.29, 0.717) is 5.92 Å². The number of hydrogen-bond acceptors (Lipinski definition) is 2. The van der Waals surface area contributed by atoms with Gasteiger partial charge in [0.05, 0.1) is 0 Å². The number of halogens is 1. The summed E-state index contributed by atoms with van der Waals surface area (Å²) >= 11 is -0.740. The molecule has 0 aromatic heterocycles. The summed E-state index contributed by atoms with van der Waals surface area (Å²) in [6, 6.07) is 7.84. The van der Waals surface area contributed by atoms with E-state index in [2.05, 4.69) is 25.3 Å². The maximum atomic E-state index is 11.0. The predicted molar refractivity (Wildman–Crippen MR) is 85.9 cm³/mol. The number of benzene rings is 1. The molecule has 0 saturated heterocycles. The molecular weight excluding hydrogens is 323 g/mol. The molecule has 0 spiro atoms. The number of methoxy groups -OCH3 is 1. The van der Waals surface area contributed by atoms with Gasteiger partial charge >= 0.3 is 116 Å². The summed E-state index contributed by atoms with van der Waals surface area (Å²) in [7, 11) is 1.66. The largest absolute Gasteiger partial charge is 0.147 e. The third-order valence-electron chi connectivity index (χ3n) is 3.56. The third kappa shape index (κ3) is 4.70. The van der Waals surface area contributed by atoms with Crippen molar-refractivity contribution in [3.05, 3.63) is 29.8 Å². The van der Waals surface area contributed by atoms with E-state index < -0.39 is 20.3 Å². The summed E-state index contributed by atoms with van der Waals surface area (Å²) in [6.07, 6.45) is 0.740. The summed E-state index contributed by atoms with van der Waals surface area (Å²) in [5, 5.41) is 12.2. The van der Waals surface area contributed by atoms with Gasteiger partial charge in [-0.15, -0.1) is 12.4 Å². The standard InChI is InChI=1S/C15H25AsO2.ClH/c1-6-15(17,12(2)11-16(3)4)13-8-7-9-14(10-13)18-5;/h7-10,12,17H,6,11H2,1-5H3;1H. The van der Waals surface area contributed by atoms with Crippen LogP contribution in [0.2, 0.25) is 16.6 Å². The van der Waals surface area contributed by atoms with E-state index in [1.807, 2.05) is 24.3 Å². The molecule has 0 bridgehead atoms.